The van der Waals surface area contributed by atoms with Crippen molar-refractivity contribution in [2.24, 2.45) is 10.9 Å². The summed E-state index contributed by atoms with van der Waals surface area (Å²) in [6.45, 7) is 0.377. The number of benzene rings is 1. The molecule has 0 aliphatic heterocycles. The van der Waals surface area contributed by atoms with E-state index in [0.29, 0.717) is 23.4 Å². The molecule has 0 saturated carbocycles. The molecule has 2 heterocycles. The number of fused-ring (bicyclic) bond motifs is 1. The summed E-state index contributed by atoms with van der Waals surface area (Å²) in [6, 6.07) is 6.52. The third kappa shape index (κ3) is 5.97. The lowest BCUT2D eigenvalue weighted by atomic mass is 10.1. The van der Waals surface area contributed by atoms with Gasteiger partial charge in [-0.2, -0.15) is 9.97 Å². The minimum Gasteiger partial charge on any atom is -0.481 e. The van der Waals surface area contributed by atoms with E-state index < -0.39 is 23.8 Å². The van der Waals surface area contributed by atoms with E-state index in [1.54, 1.807) is 30.5 Å². The second-order valence-corrected chi connectivity index (χ2v) is 7.36. The smallest absolute Gasteiger partial charge is 0.311 e. The average molecular weight is 466 g/mol. The van der Waals surface area contributed by atoms with Crippen LogP contribution in [-0.4, -0.2) is 61.3 Å². The largest absolute Gasteiger partial charge is 0.481 e. The number of carboxylic acids is 2. The van der Waals surface area contributed by atoms with Crippen molar-refractivity contribution in [3.8, 4) is 0 Å². The Labute approximate surface area is 193 Å². The third-order valence-electron chi connectivity index (χ3n) is 4.81. The van der Waals surface area contributed by atoms with Gasteiger partial charge in [-0.05, 0) is 30.7 Å². The number of carbonyl (C=O) groups excluding carboxylic acids is 1. The molecule has 6 N–H and O–H groups in total. The monoisotopic (exact) mass is 466 g/mol. The first-order valence-electron chi connectivity index (χ1n) is 10.0. The number of nitrogen functional groups attached to an aromatic ring is 2. The number of hydrogen-bond donors (Lipinski definition) is 4. The van der Waals surface area contributed by atoms with Crippen molar-refractivity contribution in [2.45, 2.75) is 19.4 Å². The molecule has 1 atom stereocenters. The van der Waals surface area contributed by atoms with Crippen molar-refractivity contribution in [1.29, 1.82) is 0 Å². The summed E-state index contributed by atoms with van der Waals surface area (Å²) in [6.07, 6.45) is 2.02. The molecule has 0 aliphatic carbocycles. The molecule has 13 heteroatoms. The van der Waals surface area contributed by atoms with Gasteiger partial charge in [-0.25, -0.2) is 15.0 Å². The Morgan fingerprint density at radius 2 is 1.82 bits per heavy atom. The predicted octanol–water partition coefficient (Wildman–Crippen LogP) is 0.997. The highest BCUT2D eigenvalue weighted by Crippen LogP contribution is 2.19. The third-order valence-corrected chi connectivity index (χ3v) is 4.81. The van der Waals surface area contributed by atoms with Crippen LogP contribution in [0.2, 0.25) is 0 Å². The van der Waals surface area contributed by atoms with Gasteiger partial charge in [-0.15, -0.1) is 0 Å². The molecule has 34 heavy (non-hydrogen) atoms. The van der Waals surface area contributed by atoms with Gasteiger partial charge in [0.05, 0.1) is 24.4 Å². The number of hydrogen-bond acceptors (Lipinski definition) is 10. The minimum absolute atomic E-state index is 0.0156. The van der Waals surface area contributed by atoms with Crippen molar-refractivity contribution in [2.75, 3.05) is 23.4 Å². The van der Waals surface area contributed by atoms with Crippen molar-refractivity contribution in [1.82, 2.24) is 19.9 Å². The van der Waals surface area contributed by atoms with Gasteiger partial charge in [-0.3, -0.25) is 14.4 Å². The van der Waals surface area contributed by atoms with Crippen LogP contribution in [0.1, 0.15) is 28.9 Å². The fourth-order valence-electron chi connectivity index (χ4n) is 3.02. The van der Waals surface area contributed by atoms with Crippen molar-refractivity contribution >= 4 is 52.7 Å². The van der Waals surface area contributed by atoms with E-state index >= 15 is 0 Å². The zero-order valence-corrected chi connectivity index (χ0v) is 18.1. The molecular formula is C21H22N8O5. The summed E-state index contributed by atoms with van der Waals surface area (Å²) >= 11 is 0. The summed E-state index contributed by atoms with van der Waals surface area (Å²) in [4.78, 5) is 56.2. The molecule has 1 amide bonds. The van der Waals surface area contributed by atoms with Crippen LogP contribution in [0.25, 0.3) is 11.2 Å². The average Bonchev–Trinajstić information content (AvgIpc) is 2.79. The second-order valence-electron chi connectivity index (χ2n) is 7.36. The highest BCUT2D eigenvalue weighted by Gasteiger charge is 2.17. The molecule has 1 unspecified atom stereocenters. The number of aromatic nitrogens is 4. The van der Waals surface area contributed by atoms with Crippen LogP contribution < -0.4 is 16.4 Å². The lowest BCUT2D eigenvalue weighted by molar-refractivity contribution is -0.140. The standard InChI is InChI=1S/C21H22N8O5/c1-29(10-13-9-24-18-16(26-13)17(22)27-21(23)28-18)14-5-2-11(3-6-14)19(32)25-8-12(20(33)34)4-7-15(30)31/h2-3,5-6,8-9,12H,4,7,10H2,1H3,(H,30,31)(H,33,34)(H4,22,23,24,27,28)/b25-8+. The highest BCUT2D eigenvalue weighted by atomic mass is 16.4. The minimum atomic E-state index is -1.25. The molecule has 0 spiro atoms. The van der Waals surface area contributed by atoms with E-state index in [2.05, 4.69) is 24.9 Å². The summed E-state index contributed by atoms with van der Waals surface area (Å²) in [5.74, 6) is -4.02. The van der Waals surface area contributed by atoms with E-state index in [1.807, 2.05) is 11.9 Å². The van der Waals surface area contributed by atoms with E-state index in [4.69, 9.17) is 21.7 Å². The normalized spacial score (nSPS) is 12.0. The molecule has 0 fully saturated rings. The molecule has 13 nitrogen and oxygen atoms in total. The van der Waals surface area contributed by atoms with Crippen molar-refractivity contribution < 1.29 is 24.6 Å². The van der Waals surface area contributed by atoms with Gasteiger partial charge >= 0.3 is 11.9 Å². The van der Waals surface area contributed by atoms with Gasteiger partial charge in [0.15, 0.2) is 17.0 Å². The lowest BCUT2D eigenvalue weighted by Gasteiger charge is -2.19. The quantitative estimate of drug-likeness (QED) is 0.325. The molecule has 0 bridgehead atoms. The first-order valence-corrected chi connectivity index (χ1v) is 10.0. The Bertz CT molecular complexity index is 1260. The first-order chi connectivity index (χ1) is 16.1. The Morgan fingerprint density at radius 1 is 1.12 bits per heavy atom. The number of nitrogens with two attached hydrogens (primary N) is 2. The Hall–Kier alpha value is -4.68. The summed E-state index contributed by atoms with van der Waals surface area (Å²) in [5.41, 5.74) is 13.7. The van der Waals surface area contributed by atoms with Crippen LogP contribution >= 0.6 is 0 Å². The molecule has 0 saturated heterocycles. The number of rotatable bonds is 9. The fourth-order valence-corrected chi connectivity index (χ4v) is 3.02. The maximum Gasteiger partial charge on any atom is 0.311 e. The number of anilines is 3. The van der Waals surface area contributed by atoms with Gasteiger partial charge in [0, 0.05) is 30.9 Å². The number of carboxylic acid groups (broad SMARTS) is 2. The van der Waals surface area contributed by atoms with E-state index in [-0.39, 0.29) is 30.2 Å². The topological polar surface area (TPSA) is 211 Å². The van der Waals surface area contributed by atoms with Crippen LogP contribution in [0.15, 0.2) is 35.5 Å². The van der Waals surface area contributed by atoms with Gasteiger partial charge in [0.2, 0.25) is 5.95 Å². The lowest BCUT2D eigenvalue weighted by Crippen LogP contribution is -2.18. The van der Waals surface area contributed by atoms with Crippen LogP contribution in [0.3, 0.4) is 0 Å². The number of carbonyl (C=O) groups is 3. The number of aliphatic imine (C=N–C) groups is 1. The van der Waals surface area contributed by atoms with Gasteiger partial charge in [0.25, 0.3) is 5.91 Å². The van der Waals surface area contributed by atoms with Crippen LogP contribution in [0, 0.1) is 5.92 Å². The maximum atomic E-state index is 12.3. The fraction of sp³-hybridized carbons (Fsp3) is 0.238. The summed E-state index contributed by atoms with van der Waals surface area (Å²) in [7, 11) is 1.82. The van der Waals surface area contributed by atoms with E-state index in [0.717, 1.165) is 11.9 Å². The second kappa shape index (κ2) is 10.3. The highest BCUT2D eigenvalue weighted by molar-refractivity contribution is 6.02. The summed E-state index contributed by atoms with van der Waals surface area (Å²) < 4.78 is 0. The Balaban J connectivity index is 1.67. The Kier molecular flexibility index (Phi) is 7.26. The molecular weight excluding hydrogens is 444 g/mol. The molecule has 0 aliphatic rings. The number of aliphatic carboxylic acids is 2. The SMILES string of the molecule is CN(Cc1cnc2nc(N)nc(N)c2n1)c1ccc(C(=O)/N=C/C(CCC(=O)O)C(=O)O)cc1. The van der Waals surface area contributed by atoms with E-state index in [1.165, 1.54) is 0 Å². The summed E-state index contributed by atoms with van der Waals surface area (Å²) in [5, 5.41) is 17.8. The van der Waals surface area contributed by atoms with Crippen LogP contribution in [-0.2, 0) is 16.1 Å². The van der Waals surface area contributed by atoms with Crippen LogP contribution in [0.4, 0.5) is 17.5 Å². The predicted molar refractivity (Wildman–Crippen MR) is 123 cm³/mol. The Morgan fingerprint density at radius 3 is 2.47 bits per heavy atom. The first kappa shape index (κ1) is 24.0. The van der Waals surface area contributed by atoms with Gasteiger partial charge < -0.3 is 26.6 Å². The number of amides is 1. The molecule has 1 aromatic carbocycles. The van der Waals surface area contributed by atoms with E-state index in [9.17, 15) is 14.4 Å². The van der Waals surface area contributed by atoms with Gasteiger partial charge in [0.1, 0.15) is 0 Å². The van der Waals surface area contributed by atoms with Crippen molar-refractivity contribution in [3.05, 3.63) is 41.7 Å². The van der Waals surface area contributed by atoms with Crippen LogP contribution in [0.5, 0.6) is 0 Å². The number of nitrogens with zero attached hydrogens (tertiary/aromatic N) is 6. The molecule has 2 aromatic heterocycles. The zero-order valence-electron chi connectivity index (χ0n) is 18.1. The molecule has 3 rings (SSSR count). The molecule has 0 radical (unpaired) electrons. The zero-order chi connectivity index (χ0) is 24.8. The van der Waals surface area contributed by atoms with Crippen molar-refractivity contribution in [3.63, 3.8) is 0 Å². The molecule has 3 aromatic rings. The molecule has 176 valence electrons. The van der Waals surface area contributed by atoms with Gasteiger partial charge in [-0.1, -0.05) is 0 Å². The maximum absolute atomic E-state index is 12.3.